The van der Waals surface area contributed by atoms with E-state index in [-0.39, 0.29) is 4.90 Å². The highest BCUT2D eigenvalue weighted by Crippen LogP contribution is 2.37. The summed E-state index contributed by atoms with van der Waals surface area (Å²) in [7, 11) is -3.35. The Morgan fingerprint density at radius 3 is 2.52 bits per heavy atom. The molecule has 0 bridgehead atoms. The second-order valence-electron chi connectivity index (χ2n) is 5.52. The summed E-state index contributed by atoms with van der Waals surface area (Å²) in [5, 5.41) is 9.40. The van der Waals surface area contributed by atoms with Gasteiger partial charge in [0.2, 0.25) is 0 Å². The van der Waals surface area contributed by atoms with E-state index in [1.54, 1.807) is 12.3 Å². The number of pyridine rings is 1. The topological polar surface area (TPSA) is 87.6 Å². The van der Waals surface area contributed by atoms with Gasteiger partial charge in [-0.05, 0) is 31.4 Å². The first-order valence-electron chi connectivity index (χ1n) is 6.93. The molecule has 1 fully saturated rings. The largest absolute Gasteiger partial charge is 0.481 e. The van der Waals surface area contributed by atoms with E-state index >= 15 is 0 Å². The number of sulfone groups is 1. The number of aromatic nitrogens is 1. The lowest BCUT2D eigenvalue weighted by Crippen LogP contribution is -2.44. The normalized spacial score (nSPS) is 18.5. The fourth-order valence-electron chi connectivity index (χ4n) is 2.77. The first kappa shape index (κ1) is 15.8. The summed E-state index contributed by atoms with van der Waals surface area (Å²) >= 11 is 0. The van der Waals surface area contributed by atoms with Gasteiger partial charge >= 0.3 is 5.97 Å². The molecule has 0 radical (unpaired) electrons. The van der Waals surface area contributed by atoms with Gasteiger partial charge in [0.15, 0.2) is 9.84 Å². The number of carboxylic acid groups (broad SMARTS) is 1. The van der Waals surface area contributed by atoms with Crippen LogP contribution in [0.5, 0.6) is 0 Å². The molecule has 2 heterocycles. The lowest BCUT2D eigenvalue weighted by atomic mass is 9.76. The third kappa shape index (κ3) is 3.02. The molecule has 0 saturated carbocycles. The van der Waals surface area contributed by atoms with Gasteiger partial charge in [0.05, 0.1) is 5.41 Å². The second-order valence-corrected chi connectivity index (χ2v) is 7.51. The number of piperidine rings is 1. The molecule has 6 nitrogen and oxygen atoms in total. The fourth-order valence-corrected chi connectivity index (χ4v) is 3.61. The van der Waals surface area contributed by atoms with Crippen LogP contribution in [0.25, 0.3) is 0 Å². The van der Waals surface area contributed by atoms with Gasteiger partial charge in [-0.25, -0.2) is 13.4 Å². The molecule has 0 atom stereocenters. The molecule has 1 aromatic heterocycles. The molecule has 1 N–H and O–H groups in total. The van der Waals surface area contributed by atoms with Gasteiger partial charge < -0.3 is 10.0 Å². The van der Waals surface area contributed by atoms with Crippen molar-refractivity contribution < 1.29 is 18.3 Å². The van der Waals surface area contributed by atoms with Crippen molar-refractivity contribution in [2.24, 2.45) is 5.41 Å². The molecule has 1 aliphatic rings. The van der Waals surface area contributed by atoms with Gasteiger partial charge in [-0.15, -0.1) is 0 Å². The molecule has 2 rings (SSSR count). The maximum Gasteiger partial charge on any atom is 0.309 e. The van der Waals surface area contributed by atoms with Crippen LogP contribution >= 0.6 is 0 Å². The molecular weight excluding hydrogens is 292 g/mol. The van der Waals surface area contributed by atoms with Crippen molar-refractivity contribution in [3.05, 3.63) is 18.3 Å². The molecule has 1 saturated heterocycles. The third-order valence-corrected chi connectivity index (χ3v) is 5.42. The van der Waals surface area contributed by atoms with Crippen molar-refractivity contribution in [2.45, 2.75) is 31.1 Å². The maximum absolute atomic E-state index is 11.8. The molecule has 1 aliphatic heterocycles. The Hall–Kier alpha value is -1.63. The van der Waals surface area contributed by atoms with Crippen molar-refractivity contribution in [2.75, 3.05) is 24.2 Å². The molecule has 0 unspecified atom stereocenters. The highest BCUT2D eigenvalue weighted by atomic mass is 32.2. The van der Waals surface area contributed by atoms with Crippen LogP contribution in [0.1, 0.15) is 26.2 Å². The van der Waals surface area contributed by atoms with Crippen LogP contribution < -0.4 is 4.90 Å². The summed E-state index contributed by atoms with van der Waals surface area (Å²) in [4.78, 5) is 17.7. The number of carbonyl (C=O) groups is 1. The van der Waals surface area contributed by atoms with Crippen molar-refractivity contribution in [3.63, 3.8) is 0 Å². The van der Waals surface area contributed by atoms with E-state index in [1.807, 2.05) is 11.8 Å². The number of aliphatic carboxylic acids is 1. The predicted octanol–water partition coefficient (Wildman–Crippen LogP) is 1.57. The number of carboxylic acids is 1. The van der Waals surface area contributed by atoms with E-state index < -0.39 is 21.2 Å². The summed E-state index contributed by atoms with van der Waals surface area (Å²) in [6.07, 6.45) is 4.29. The average molecular weight is 312 g/mol. The zero-order chi connectivity index (χ0) is 15.7. The Bertz CT molecular complexity index is 634. The van der Waals surface area contributed by atoms with Crippen LogP contribution in [-0.4, -0.2) is 43.8 Å². The number of nitrogens with zero attached hydrogens (tertiary/aromatic N) is 2. The number of hydrogen-bond donors (Lipinski definition) is 1. The highest BCUT2D eigenvalue weighted by Gasteiger charge is 2.40. The molecule has 21 heavy (non-hydrogen) atoms. The Morgan fingerprint density at radius 2 is 2.05 bits per heavy atom. The van der Waals surface area contributed by atoms with E-state index in [9.17, 15) is 18.3 Å². The predicted molar refractivity (Wildman–Crippen MR) is 79.2 cm³/mol. The minimum atomic E-state index is -3.35. The average Bonchev–Trinajstić information content (AvgIpc) is 2.46. The first-order chi connectivity index (χ1) is 9.80. The first-order valence-corrected chi connectivity index (χ1v) is 8.83. The molecular formula is C14H20N2O4S. The van der Waals surface area contributed by atoms with Gasteiger partial charge in [0.25, 0.3) is 0 Å². The maximum atomic E-state index is 11.8. The fraction of sp³-hybridized carbons (Fsp3) is 0.571. The standard InChI is InChI=1S/C14H20N2O4S/c1-3-14(13(17)18)6-9-16(10-7-14)12-11(21(2,19)20)5-4-8-15-12/h4-5,8H,3,6-7,9-10H2,1-2H3,(H,17,18). The van der Waals surface area contributed by atoms with Crippen molar-refractivity contribution in [1.82, 2.24) is 4.98 Å². The van der Waals surface area contributed by atoms with Crippen LogP contribution in [0.2, 0.25) is 0 Å². The Kier molecular flexibility index (Phi) is 4.22. The summed E-state index contributed by atoms with van der Waals surface area (Å²) in [5.41, 5.74) is -0.698. The summed E-state index contributed by atoms with van der Waals surface area (Å²) in [6.45, 7) is 2.88. The highest BCUT2D eigenvalue weighted by molar-refractivity contribution is 7.90. The Balaban J connectivity index is 2.26. The SMILES string of the molecule is CCC1(C(=O)O)CCN(c2ncccc2S(C)(=O)=O)CC1. The van der Waals surface area contributed by atoms with Gasteiger partial charge in [-0.3, -0.25) is 4.79 Å². The van der Waals surface area contributed by atoms with Gasteiger partial charge in [0, 0.05) is 25.5 Å². The number of rotatable bonds is 4. The third-order valence-electron chi connectivity index (χ3n) is 4.30. The number of hydrogen-bond acceptors (Lipinski definition) is 5. The zero-order valence-corrected chi connectivity index (χ0v) is 13.1. The van der Waals surface area contributed by atoms with Crippen LogP contribution in [0.15, 0.2) is 23.2 Å². The molecule has 7 heteroatoms. The molecule has 0 amide bonds. The van der Waals surface area contributed by atoms with Crippen molar-refractivity contribution >= 4 is 21.6 Å². The molecule has 116 valence electrons. The summed E-state index contributed by atoms with van der Waals surface area (Å²) in [5.74, 6) is -0.343. The van der Waals surface area contributed by atoms with Crippen LogP contribution in [0.3, 0.4) is 0 Å². The van der Waals surface area contributed by atoms with Gasteiger partial charge in [-0.2, -0.15) is 0 Å². The molecule has 0 spiro atoms. The molecule has 0 aliphatic carbocycles. The number of anilines is 1. The van der Waals surface area contributed by atoms with Crippen molar-refractivity contribution in [1.29, 1.82) is 0 Å². The minimum absolute atomic E-state index is 0.198. The smallest absolute Gasteiger partial charge is 0.309 e. The second kappa shape index (κ2) is 5.63. The molecule has 1 aromatic rings. The Morgan fingerprint density at radius 1 is 1.43 bits per heavy atom. The summed E-state index contributed by atoms with van der Waals surface area (Å²) in [6, 6.07) is 3.13. The van der Waals surface area contributed by atoms with Crippen LogP contribution in [0, 0.1) is 5.41 Å². The van der Waals surface area contributed by atoms with Crippen LogP contribution in [0.4, 0.5) is 5.82 Å². The van der Waals surface area contributed by atoms with E-state index in [0.717, 1.165) is 6.26 Å². The van der Waals surface area contributed by atoms with Gasteiger partial charge in [0.1, 0.15) is 10.7 Å². The zero-order valence-electron chi connectivity index (χ0n) is 12.2. The van der Waals surface area contributed by atoms with Crippen LogP contribution in [-0.2, 0) is 14.6 Å². The molecule has 0 aromatic carbocycles. The Labute approximate surface area is 124 Å². The van der Waals surface area contributed by atoms with E-state index in [1.165, 1.54) is 6.07 Å². The van der Waals surface area contributed by atoms with E-state index in [4.69, 9.17) is 0 Å². The van der Waals surface area contributed by atoms with Crippen molar-refractivity contribution in [3.8, 4) is 0 Å². The monoisotopic (exact) mass is 312 g/mol. The van der Waals surface area contributed by atoms with E-state index in [2.05, 4.69) is 4.98 Å². The van der Waals surface area contributed by atoms with E-state index in [0.29, 0.717) is 38.2 Å². The minimum Gasteiger partial charge on any atom is -0.481 e. The summed E-state index contributed by atoms with van der Waals surface area (Å²) < 4.78 is 23.7. The lowest BCUT2D eigenvalue weighted by Gasteiger charge is -2.39. The van der Waals surface area contributed by atoms with Gasteiger partial charge in [-0.1, -0.05) is 6.92 Å². The quantitative estimate of drug-likeness (QED) is 0.908. The lowest BCUT2D eigenvalue weighted by molar-refractivity contribution is -0.150.